The summed E-state index contributed by atoms with van der Waals surface area (Å²) >= 11 is 0. The molecule has 0 bridgehead atoms. The quantitative estimate of drug-likeness (QED) is 0.827. The van der Waals surface area contributed by atoms with Gasteiger partial charge in [0, 0.05) is 12.6 Å². The van der Waals surface area contributed by atoms with Crippen molar-refractivity contribution in [3.63, 3.8) is 0 Å². The van der Waals surface area contributed by atoms with Crippen LogP contribution in [0.5, 0.6) is 0 Å². The van der Waals surface area contributed by atoms with Crippen LogP contribution in [0, 0.1) is 11.8 Å². The number of piperidine rings is 1. The highest BCUT2D eigenvalue weighted by atomic mass is 16.4. The van der Waals surface area contributed by atoms with Gasteiger partial charge in [-0.3, -0.25) is 4.79 Å². The number of hydrogen-bond donors (Lipinski definition) is 1. The average Bonchev–Trinajstić information content (AvgIpc) is 2.88. The first kappa shape index (κ1) is 14.8. The number of hydrogen-bond acceptors (Lipinski definition) is 3. The molecule has 2 heterocycles. The fourth-order valence-electron chi connectivity index (χ4n) is 3.51. The van der Waals surface area contributed by atoms with Gasteiger partial charge in [0.2, 0.25) is 0 Å². The summed E-state index contributed by atoms with van der Waals surface area (Å²) in [7, 11) is 0. The highest BCUT2D eigenvalue weighted by molar-refractivity contribution is 5.70. The lowest BCUT2D eigenvalue weighted by Crippen LogP contribution is -2.44. The second-order valence-corrected chi connectivity index (χ2v) is 6.42. The van der Waals surface area contributed by atoms with E-state index in [0.717, 1.165) is 45.6 Å². The third kappa shape index (κ3) is 3.93. The summed E-state index contributed by atoms with van der Waals surface area (Å²) in [6.07, 6.45) is 4.56. The van der Waals surface area contributed by atoms with Crippen LogP contribution in [0.15, 0.2) is 0 Å². The van der Waals surface area contributed by atoms with Crippen LogP contribution in [0.1, 0.15) is 39.5 Å². The molecule has 2 rings (SSSR count). The summed E-state index contributed by atoms with van der Waals surface area (Å²) in [5.74, 6) is -0.379. The number of carbonyl (C=O) groups is 1. The predicted octanol–water partition coefficient (Wildman–Crippen LogP) is 1.90. The molecule has 2 aliphatic heterocycles. The summed E-state index contributed by atoms with van der Waals surface area (Å²) in [4.78, 5) is 16.4. The van der Waals surface area contributed by atoms with Gasteiger partial charge < -0.3 is 14.9 Å². The van der Waals surface area contributed by atoms with Crippen LogP contribution < -0.4 is 0 Å². The molecule has 2 aliphatic rings. The van der Waals surface area contributed by atoms with Crippen molar-refractivity contribution in [2.24, 2.45) is 11.8 Å². The van der Waals surface area contributed by atoms with E-state index in [-0.39, 0.29) is 5.92 Å². The molecule has 1 unspecified atom stereocenters. The van der Waals surface area contributed by atoms with Gasteiger partial charge in [0.15, 0.2) is 0 Å². The van der Waals surface area contributed by atoms with E-state index in [1.54, 1.807) is 0 Å². The Kier molecular flexibility index (Phi) is 5.22. The lowest BCUT2D eigenvalue weighted by atomic mass is 9.83. The molecule has 1 N–H and O–H groups in total. The lowest BCUT2D eigenvalue weighted by molar-refractivity contribution is -0.145. The van der Waals surface area contributed by atoms with Crippen LogP contribution in [0.2, 0.25) is 0 Å². The second-order valence-electron chi connectivity index (χ2n) is 6.42. The summed E-state index contributed by atoms with van der Waals surface area (Å²) < 4.78 is 0. The molecule has 110 valence electrons. The Bertz CT molecular complexity index is 293. The van der Waals surface area contributed by atoms with E-state index in [4.69, 9.17) is 0 Å². The molecular weight excluding hydrogens is 240 g/mol. The minimum atomic E-state index is -0.588. The molecule has 0 spiro atoms. The molecule has 2 saturated heterocycles. The zero-order valence-electron chi connectivity index (χ0n) is 12.3. The third-order valence-electron chi connectivity index (χ3n) is 4.84. The topological polar surface area (TPSA) is 43.8 Å². The molecule has 0 amide bonds. The summed E-state index contributed by atoms with van der Waals surface area (Å²) in [5.41, 5.74) is 0. The van der Waals surface area contributed by atoms with Gasteiger partial charge in [-0.05, 0) is 71.6 Å². The minimum Gasteiger partial charge on any atom is -0.481 e. The Morgan fingerprint density at radius 3 is 2.21 bits per heavy atom. The zero-order valence-corrected chi connectivity index (χ0v) is 12.3. The van der Waals surface area contributed by atoms with Crippen molar-refractivity contribution in [2.45, 2.75) is 45.6 Å². The fourth-order valence-corrected chi connectivity index (χ4v) is 3.51. The van der Waals surface area contributed by atoms with Crippen molar-refractivity contribution in [3.8, 4) is 0 Å². The SMILES string of the molecule is CC(C)N1CCC(C(CN2CCCC2)C(=O)O)CC1. The molecular formula is C15H28N2O2. The molecule has 0 aromatic carbocycles. The van der Waals surface area contributed by atoms with Crippen LogP contribution in [0.3, 0.4) is 0 Å². The Morgan fingerprint density at radius 2 is 1.74 bits per heavy atom. The minimum absolute atomic E-state index is 0.160. The average molecular weight is 268 g/mol. The Hall–Kier alpha value is -0.610. The van der Waals surface area contributed by atoms with Crippen molar-refractivity contribution in [2.75, 3.05) is 32.7 Å². The normalized spacial score (nSPS) is 25.0. The van der Waals surface area contributed by atoms with Crippen LogP contribution in [0.4, 0.5) is 0 Å². The summed E-state index contributed by atoms with van der Waals surface area (Å²) in [6.45, 7) is 9.52. The molecule has 0 aromatic rings. The molecule has 0 aliphatic carbocycles. The van der Waals surface area contributed by atoms with Crippen LogP contribution in [-0.2, 0) is 4.79 Å². The van der Waals surface area contributed by atoms with Crippen molar-refractivity contribution in [3.05, 3.63) is 0 Å². The van der Waals surface area contributed by atoms with Gasteiger partial charge in [-0.15, -0.1) is 0 Å². The van der Waals surface area contributed by atoms with Gasteiger partial charge in [-0.2, -0.15) is 0 Å². The number of nitrogens with zero attached hydrogens (tertiary/aromatic N) is 2. The summed E-state index contributed by atoms with van der Waals surface area (Å²) in [5, 5.41) is 9.52. The predicted molar refractivity (Wildman–Crippen MR) is 76.2 cm³/mol. The van der Waals surface area contributed by atoms with Gasteiger partial charge in [0.1, 0.15) is 0 Å². The van der Waals surface area contributed by atoms with E-state index in [2.05, 4.69) is 23.6 Å². The molecule has 19 heavy (non-hydrogen) atoms. The molecule has 0 radical (unpaired) electrons. The van der Waals surface area contributed by atoms with E-state index in [1.165, 1.54) is 12.8 Å². The van der Waals surface area contributed by atoms with E-state index < -0.39 is 5.97 Å². The highest BCUT2D eigenvalue weighted by Gasteiger charge is 2.33. The lowest BCUT2D eigenvalue weighted by Gasteiger charge is -2.37. The van der Waals surface area contributed by atoms with Gasteiger partial charge in [0.25, 0.3) is 0 Å². The first-order valence-electron chi connectivity index (χ1n) is 7.77. The smallest absolute Gasteiger partial charge is 0.308 e. The van der Waals surface area contributed by atoms with Crippen LogP contribution in [0.25, 0.3) is 0 Å². The second kappa shape index (κ2) is 6.71. The first-order valence-corrected chi connectivity index (χ1v) is 7.77. The van der Waals surface area contributed by atoms with E-state index in [9.17, 15) is 9.90 Å². The Labute approximate surface area is 116 Å². The highest BCUT2D eigenvalue weighted by Crippen LogP contribution is 2.28. The van der Waals surface area contributed by atoms with Crippen molar-refractivity contribution in [1.29, 1.82) is 0 Å². The number of carboxylic acids is 1. The zero-order chi connectivity index (χ0) is 13.8. The number of likely N-dealkylation sites (tertiary alicyclic amines) is 2. The molecule has 0 aromatic heterocycles. The first-order chi connectivity index (χ1) is 9.08. The van der Waals surface area contributed by atoms with Crippen LogP contribution >= 0.6 is 0 Å². The number of carboxylic acid groups (broad SMARTS) is 1. The number of aliphatic carboxylic acids is 1. The standard InChI is InChI=1S/C15H28N2O2/c1-12(2)17-9-5-13(6-10-17)14(15(18)19)11-16-7-3-4-8-16/h12-14H,3-11H2,1-2H3,(H,18,19). The molecule has 2 fully saturated rings. The summed E-state index contributed by atoms with van der Waals surface area (Å²) in [6, 6.07) is 0.586. The van der Waals surface area contributed by atoms with Gasteiger partial charge in [-0.1, -0.05) is 0 Å². The molecule has 4 nitrogen and oxygen atoms in total. The molecule has 0 saturated carbocycles. The van der Waals surface area contributed by atoms with Gasteiger partial charge in [-0.25, -0.2) is 0 Å². The number of rotatable bonds is 5. The fraction of sp³-hybridized carbons (Fsp3) is 0.933. The Morgan fingerprint density at radius 1 is 1.16 bits per heavy atom. The van der Waals surface area contributed by atoms with E-state index >= 15 is 0 Å². The molecule has 4 heteroatoms. The largest absolute Gasteiger partial charge is 0.481 e. The maximum Gasteiger partial charge on any atom is 0.308 e. The van der Waals surface area contributed by atoms with Crippen molar-refractivity contribution in [1.82, 2.24) is 9.80 Å². The Balaban J connectivity index is 1.87. The third-order valence-corrected chi connectivity index (χ3v) is 4.84. The van der Waals surface area contributed by atoms with Crippen molar-refractivity contribution >= 4 is 5.97 Å². The van der Waals surface area contributed by atoms with E-state index in [1.807, 2.05) is 0 Å². The monoisotopic (exact) mass is 268 g/mol. The van der Waals surface area contributed by atoms with Gasteiger partial charge >= 0.3 is 5.97 Å². The molecule has 1 atom stereocenters. The maximum absolute atomic E-state index is 11.6. The van der Waals surface area contributed by atoms with E-state index in [0.29, 0.717) is 12.0 Å². The van der Waals surface area contributed by atoms with Gasteiger partial charge in [0.05, 0.1) is 5.92 Å². The van der Waals surface area contributed by atoms with Crippen LogP contribution in [-0.4, -0.2) is 59.6 Å². The van der Waals surface area contributed by atoms with Crippen molar-refractivity contribution < 1.29 is 9.90 Å². The maximum atomic E-state index is 11.6.